The van der Waals surface area contributed by atoms with Crippen molar-refractivity contribution in [1.29, 1.82) is 0 Å². The maximum absolute atomic E-state index is 3.34. The number of rotatable bonds is 0. The topological polar surface area (TPSA) is 0 Å². The van der Waals surface area contributed by atoms with Crippen LogP contribution in [-0.4, -0.2) is 4.21 Å². The van der Waals surface area contributed by atoms with Gasteiger partial charge in [0.1, 0.15) is 0 Å². The molecule has 0 aromatic rings. The molecule has 1 atom stereocenters. The number of hydrogen-bond acceptors (Lipinski definition) is 0. The molecule has 0 aromatic carbocycles. The van der Waals surface area contributed by atoms with Gasteiger partial charge in [0.25, 0.3) is 0 Å². The van der Waals surface area contributed by atoms with Crippen molar-refractivity contribution in [1.82, 2.24) is 0 Å². The normalized spacial score (nSPS) is 19.0. The average Bonchev–Trinajstić information content (AvgIpc) is 2.77. The Labute approximate surface area is 146 Å². The average molecular weight is 376 g/mol. The van der Waals surface area contributed by atoms with Crippen LogP contribution in [0, 0.1) is 18.1 Å². The van der Waals surface area contributed by atoms with Crippen molar-refractivity contribution in [2.75, 3.05) is 0 Å². The minimum Gasteiger partial charge on any atom is -1.00 e. The van der Waals surface area contributed by atoms with E-state index in [9.17, 15) is 0 Å². The van der Waals surface area contributed by atoms with Crippen LogP contribution in [0.1, 0.15) is 41.0 Å². The molecule has 0 N–H and O–H groups in total. The first-order chi connectivity index (χ1) is 7.99. The smallest absolute Gasteiger partial charge is 1.00 e. The summed E-state index contributed by atoms with van der Waals surface area (Å²) in [5, 5.41) is 0. The van der Waals surface area contributed by atoms with Crippen LogP contribution in [0.25, 0.3) is 0 Å². The fourth-order valence-electron chi connectivity index (χ4n) is 1.75. The van der Waals surface area contributed by atoms with E-state index in [2.05, 4.69) is 63.1 Å². The van der Waals surface area contributed by atoms with Gasteiger partial charge in [-0.05, 0) is 0 Å². The molecule has 0 amide bonds. The van der Waals surface area contributed by atoms with E-state index in [4.69, 9.17) is 0 Å². The standard InChI is InChI=1S/C8H11.C7H9.CH2.2ClH.Zr/c1-6-4-7(2)8(3)5-6;1-6-3-4-7(2)5-6;;;;/h4,6H,1-3H3;5H,3H2,1-2H3;1H2;2*1H;/q2*-1;;;;+2/p-2. The van der Waals surface area contributed by atoms with Crippen LogP contribution in [0.2, 0.25) is 0 Å². The van der Waals surface area contributed by atoms with Gasteiger partial charge < -0.3 is 24.8 Å². The minimum atomic E-state index is 0. The van der Waals surface area contributed by atoms with E-state index in [0.717, 1.165) is 6.42 Å². The number of hydrogen-bond donors (Lipinski definition) is 0. The zero-order chi connectivity index (χ0) is 13.4. The fraction of sp³-hybridized carbons (Fsp3) is 0.438. The molecule has 0 bridgehead atoms. The molecule has 0 saturated carbocycles. The Kier molecular flexibility index (Phi) is 17.0. The van der Waals surface area contributed by atoms with Crippen molar-refractivity contribution >= 4 is 4.21 Å². The molecule has 3 heteroatoms. The predicted octanol–water partition coefficient (Wildman–Crippen LogP) is -1.61. The van der Waals surface area contributed by atoms with Gasteiger partial charge in [0.05, 0.1) is 0 Å². The second-order valence-electron chi connectivity index (χ2n) is 4.43. The molecule has 0 fully saturated rings. The van der Waals surface area contributed by atoms with Gasteiger partial charge in [0.15, 0.2) is 0 Å². The van der Waals surface area contributed by atoms with E-state index in [0.29, 0.717) is 5.92 Å². The molecule has 0 saturated heterocycles. The summed E-state index contributed by atoms with van der Waals surface area (Å²) in [6, 6.07) is 0. The maximum atomic E-state index is 3.34. The molecule has 1 unspecified atom stereocenters. The second kappa shape index (κ2) is 13.3. The largest absolute Gasteiger partial charge is 1.00 e. The first kappa shape index (κ1) is 24.3. The Hall–Kier alpha value is 0.293. The second-order valence-corrected chi connectivity index (χ2v) is 4.43. The van der Waals surface area contributed by atoms with Crippen molar-refractivity contribution in [2.45, 2.75) is 41.0 Å². The first-order valence-corrected chi connectivity index (χ1v) is 7.61. The Bertz CT molecular complexity index is 358. The Balaban J connectivity index is -0.000000219. The van der Waals surface area contributed by atoms with E-state index in [1.807, 2.05) is 0 Å². The zero-order valence-electron chi connectivity index (χ0n) is 12.4. The molecule has 0 nitrogen and oxygen atoms in total. The van der Waals surface area contributed by atoms with Gasteiger partial charge in [-0.1, -0.05) is 33.6 Å². The molecule has 0 spiro atoms. The molecule has 0 radical (unpaired) electrons. The third-order valence-corrected chi connectivity index (χ3v) is 2.64. The van der Waals surface area contributed by atoms with Crippen molar-refractivity contribution in [3.63, 3.8) is 0 Å². The van der Waals surface area contributed by atoms with E-state index >= 15 is 0 Å². The predicted molar refractivity (Wildman–Crippen MR) is 73.3 cm³/mol. The van der Waals surface area contributed by atoms with Crippen LogP contribution in [0.5, 0.6) is 0 Å². The Morgan fingerprint density at radius 3 is 1.79 bits per heavy atom. The van der Waals surface area contributed by atoms with Crippen molar-refractivity contribution in [3.05, 3.63) is 46.6 Å². The van der Waals surface area contributed by atoms with Gasteiger partial charge in [-0.3, -0.25) is 12.2 Å². The zero-order valence-corrected chi connectivity index (χ0v) is 16.4. The summed E-state index contributed by atoms with van der Waals surface area (Å²) < 4.78 is 3.34. The molecular weight excluding hydrogens is 354 g/mol. The summed E-state index contributed by atoms with van der Waals surface area (Å²) in [6.07, 6.45) is 11.9. The SMILES string of the molecule is CC1=[C-]C(C)C=C1C.CC1=[C-]CC(C)=C1.[CH2]=[Zr+2].[Cl-].[Cl-]. The summed E-state index contributed by atoms with van der Waals surface area (Å²) in [7, 11) is 0. The van der Waals surface area contributed by atoms with Gasteiger partial charge >= 0.3 is 28.4 Å². The molecule has 2 aliphatic rings. The van der Waals surface area contributed by atoms with E-state index in [-0.39, 0.29) is 24.8 Å². The van der Waals surface area contributed by atoms with Crippen molar-refractivity contribution < 1.29 is 49.0 Å². The monoisotopic (exact) mass is 374 g/mol. The summed E-state index contributed by atoms with van der Waals surface area (Å²) >= 11 is 1.30. The van der Waals surface area contributed by atoms with Crippen LogP contribution >= 0.6 is 0 Å². The van der Waals surface area contributed by atoms with E-state index < -0.39 is 0 Å². The third-order valence-electron chi connectivity index (χ3n) is 2.64. The summed E-state index contributed by atoms with van der Waals surface area (Å²) in [5.74, 6) is 0.551. The molecule has 0 aliphatic heterocycles. The first-order valence-electron chi connectivity index (χ1n) is 5.88. The van der Waals surface area contributed by atoms with Crippen LogP contribution in [0.15, 0.2) is 34.4 Å². The third kappa shape index (κ3) is 10.7. The Morgan fingerprint density at radius 2 is 1.68 bits per heavy atom. The molecule has 0 heterocycles. The van der Waals surface area contributed by atoms with Crippen LogP contribution in [-0.2, 0) is 24.2 Å². The van der Waals surface area contributed by atoms with Crippen molar-refractivity contribution in [2.24, 2.45) is 5.92 Å². The molecule has 106 valence electrons. The molecule has 0 aromatic heterocycles. The summed E-state index contributed by atoms with van der Waals surface area (Å²) in [4.78, 5) is 0. The van der Waals surface area contributed by atoms with Gasteiger partial charge in [-0.25, -0.2) is 22.8 Å². The maximum Gasteiger partial charge on any atom is -1.00 e. The molecule has 2 aliphatic carbocycles. The van der Waals surface area contributed by atoms with Gasteiger partial charge in [-0.15, -0.1) is 13.3 Å². The molecule has 19 heavy (non-hydrogen) atoms. The van der Waals surface area contributed by atoms with Gasteiger partial charge in [0.2, 0.25) is 0 Å². The van der Waals surface area contributed by atoms with Crippen LogP contribution < -0.4 is 24.8 Å². The summed E-state index contributed by atoms with van der Waals surface area (Å²) in [6.45, 7) is 10.6. The van der Waals surface area contributed by atoms with Crippen LogP contribution in [0.4, 0.5) is 0 Å². The Morgan fingerprint density at radius 1 is 1.16 bits per heavy atom. The minimum absolute atomic E-state index is 0. The molecule has 2 rings (SSSR count). The summed E-state index contributed by atoms with van der Waals surface area (Å²) in [5.41, 5.74) is 5.42. The van der Waals surface area contributed by atoms with E-state index in [1.54, 1.807) is 0 Å². The fourth-order valence-corrected chi connectivity index (χ4v) is 1.75. The number of halogens is 2. The van der Waals surface area contributed by atoms with Gasteiger partial charge in [0, 0.05) is 0 Å². The molecular formula is C16H22Cl2Zr-2. The van der Waals surface area contributed by atoms with E-state index in [1.165, 1.54) is 46.5 Å². The quantitative estimate of drug-likeness (QED) is 0.447. The van der Waals surface area contributed by atoms with Gasteiger partial charge in [-0.2, -0.15) is 11.6 Å². The number of allylic oxidation sites excluding steroid dienone is 8. The van der Waals surface area contributed by atoms with Crippen LogP contribution in [0.3, 0.4) is 0 Å². The van der Waals surface area contributed by atoms with Crippen molar-refractivity contribution in [3.8, 4) is 0 Å².